The molecule has 0 atom stereocenters. The van der Waals surface area contributed by atoms with E-state index in [-0.39, 0.29) is 0 Å². The van der Waals surface area contributed by atoms with Gasteiger partial charge in [-0.15, -0.1) is 0 Å². The number of aryl methyl sites for hydroxylation is 1. The summed E-state index contributed by atoms with van der Waals surface area (Å²) in [5.74, 6) is 1.60. The minimum Gasteiger partial charge on any atom is -0.493 e. The summed E-state index contributed by atoms with van der Waals surface area (Å²) in [6, 6.07) is 9.34. The number of anilines is 1. The molecule has 1 heterocycles. The number of methoxy groups -OCH3 is 2. The first-order chi connectivity index (χ1) is 10.6. The summed E-state index contributed by atoms with van der Waals surface area (Å²) in [7, 11) is 3.18. The number of rotatable bonds is 5. The zero-order chi connectivity index (χ0) is 15.9. The van der Waals surface area contributed by atoms with E-state index in [1.165, 1.54) is 0 Å². The lowest BCUT2D eigenvalue weighted by atomic mass is 10.2. The van der Waals surface area contributed by atoms with E-state index in [2.05, 4.69) is 15.3 Å². The van der Waals surface area contributed by atoms with Gasteiger partial charge in [-0.25, -0.2) is 4.99 Å². The van der Waals surface area contributed by atoms with Crippen LogP contribution in [0.15, 0.2) is 41.5 Å². The van der Waals surface area contributed by atoms with Gasteiger partial charge in [0.2, 0.25) is 0 Å². The molecule has 0 unspecified atom stereocenters. The van der Waals surface area contributed by atoms with Crippen LogP contribution in [0.25, 0.3) is 0 Å². The Morgan fingerprint density at radius 3 is 2.68 bits per heavy atom. The number of guanidine groups is 1. The Morgan fingerprint density at radius 2 is 2.00 bits per heavy atom. The van der Waals surface area contributed by atoms with Crippen LogP contribution >= 0.6 is 0 Å². The largest absolute Gasteiger partial charge is 0.493 e. The highest BCUT2D eigenvalue weighted by Crippen LogP contribution is 2.29. The van der Waals surface area contributed by atoms with Crippen molar-refractivity contribution in [2.45, 2.75) is 13.5 Å². The second-order valence-corrected chi connectivity index (χ2v) is 4.66. The smallest absolute Gasteiger partial charge is 0.193 e. The predicted molar refractivity (Wildman–Crippen MR) is 87.5 cm³/mol. The van der Waals surface area contributed by atoms with Gasteiger partial charge in [-0.2, -0.15) is 0 Å². The van der Waals surface area contributed by atoms with Crippen molar-refractivity contribution in [1.29, 1.82) is 0 Å². The number of ether oxygens (including phenoxy) is 2. The van der Waals surface area contributed by atoms with Crippen molar-refractivity contribution < 1.29 is 9.47 Å². The fourth-order valence-electron chi connectivity index (χ4n) is 1.95. The quantitative estimate of drug-likeness (QED) is 0.654. The summed E-state index contributed by atoms with van der Waals surface area (Å²) in [5.41, 5.74) is 8.67. The van der Waals surface area contributed by atoms with Crippen LogP contribution in [0.4, 0.5) is 5.69 Å². The van der Waals surface area contributed by atoms with Crippen molar-refractivity contribution in [2.24, 2.45) is 10.7 Å². The number of hydrogen-bond donors (Lipinski definition) is 2. The molecule has 22 heavy (non-hydrogen) atoms. The fourth-order valence-corrected chi connectivity index (χ4v) is 1.95. The molecule has 6 nitrogen and oxygen atoms in total. The lowest BCUT2D eigenvalue weighted by Crippen LogP contribution is -2.22. The molecule has 0 saturated heterocycles. The normalized spacial score (nSPS) is 11.1. The monoisotopic (exact) mass is 300 g/mol. The highest BCUT2D eigenvalue weighted by Gasteiger charge is 2.05. The number of aliphatic imine (C=N–C) groups is 1. The molecule has 0 radical (unpaired) electrons. The van der Waals surface area contributed by atoms with Gasteiger partial charge in [0, 0.05) is 18.0 Å². The van der Waals surface area contributed by atoms with Crippen molar-refractivity contribution in [1.82, 2.24) is 4.98 Å². The summed E-state index contributed by atoms with van der Waals surface area (Å²) >= 11 is 0. The second-order valence-electron chi connectivity index (χ2n) is 4.66. The zero-order valence-corrected chi connectivity index (χ0v) is 13.0. The highest BCUT2D eigenvalue weighted by atomic mass is 16.5. The lowest BCUT2D eigenvalue weighted by Gasteiger charge is -2.11. The van der Waals surface area contributed by atoms with E-state index in [1.807, 2.05) is 25.1 Å². The average molecular weight is 300 g/mol. The fraction of sp³-hybridized carbons (Fsp3) is 0.250. The number of hydrogen-bond acceptors (Lipinski definition) is 4. The molecule has 2 rings (SSSR count). The second kappa shape index (κ2) is 7.31. The Bertz CT molecular complexity index is 671. The maximum Gasteiger partial charge on any atom is 0.193 e. The molecule has 0 aliphatic rings. The van der Waals surface area contributed by atoms with E-state index in [9.17, 15) is 0 Å². The van der Waals surface area contributed by atoms with Gasteiger partial charge in [-0.3, -0.25) is 4.98 Å². The van der Waals surface area contributed by atoms with Gasteiger partial charge >= 0.3 is 0 Å². The SMILES string of the molecule is COc1ccc(NC(N)=NCc2ncccc2C)cc1OC. The highest BCUT2D eigenvalue weighted by molar-refractivity contribution is 5.92. The molecule has 1 aromatic carbocycles. The number of aromatic nitrogens is 1. The van der Waals surface area contributed by atoms with E-state index in [4.69, 9.17) is 15.2 Å². The maximum absolute atomic E-state index is 5.90. The number of pyridine rings is 1. The van der Waals surface area contributed by atoms with Crippen molar-refractivity contribution in [3.63, 3.8) is 0 Å². The maximum atomic E-state index is 5.90. The molecule has 0 saturated carbocycles. The minimum absolute atomic E-state index is 0.317. The number of nitrogens with zero attached hydrogens (tertiary/aromatic N) is 2. The summed E-state index contributed by atoms with van der Waals surface area (Å²) in [5, 5.41) is 3.02. The van der Waals surface area contributed by atoms with E-state index in [1.54, 1.807) is 32.5 Å². The molecule has 2 aromatic rings. The van der Waals surface area contributed by atoms with Gasteiger partial charge in [-0.1, -0.05) is 6.07 Å². The van der Waals surface area contributed by atoms with Crippen LogP contribution in [-0.4, -0.2) is 25.2 Å². The summed E-state index contributed by atoms with van der Waals surface area (Å²) < 4.78 is 10.4. The Labute approximate surface area is 130 Å². The summed E-state index contributed by atoms with van der Waals surface area (Å²) in [6.45, 7) is 2.43. The van der Waals surface area contributed by atoms with Gasteiger partial charge in [-0.05, 0) is 30.7 Å². The molecule has 0 fully saturated rings. The van der Waals surface area contributed by atoms with Crippen LogP contribution in [0.5, 0.6) is 11.5 Å². The van der Waals surface area contributed by atoms with E-state index in [0.717, 1.165) is 16.9 Å². The standard InChI is InChI=1S/C16H20N4O2/c1-11-5-4-8-18-13(11)10-19-16(17)20-12-6-7-14(21-2)15(9-12)22-3/h4-9H,10H2,1-3H3,(H3,17,19,20). The summed E-state index contributed by atoms with van der Waals surface area (Å²) in [6.07, 6.45) is 1.75. The van der Waals surface area contributed by atoms with Gasteiger partial charge in [0.25, 0.3) is 0 Å². The Kier molecular flexibility index (Phi) is 5.19. The van der Waals surface area contributed by atoms with Gasteiger partial charge < -0.3 is 20.5 Å². The minimum atomic E-state index is 0.317. The molecule has 1 aromatic heterocycles. The van der Waals surface area contributed by atoms with E-state index < -0.39 is 0 Å². The molecule has 3 N–H and O–H groups in total. The third-order valence-corrected chi connectivity index (χ3v) is 3.17. The topological polar surface area (TPSA) is 81.8 Å². The van der Waals surface area contributed by atoms with Crippen molar-refractivity contribution in [3.8, 4) is 11.5 Å². The van der Waals surface area contributed by atoms with E-state index in [0.29, 0.717) is 24.0 Å². The first kappa shape index (κ1) is 15.6. The molecule has 0 bridgehead atoms. The molecule has 0 amide bonds. The van der Waals surface area contributed by atoms with Gasteiger partial charge in [0.1, 0.15) is 0 Å². The Hall–Kier alpha value is -2.76. The van der Waals surface area contributed by atoms with Gasteiger partial charge in [0.05, 0.1) is 26.5 Å². The molecule has 6 heteroatoms. The molecule has 0 aliphatic heterocycles. The molecular weight excluding hydrogens is 280 g/mol. The Balaban J connectivity index is 2.07. The third-order valence-electron chi connectivity index (χ3n) is 3.17. The third kappa shape index (κ3) is 3.88. The van der Waals surface area contributed by atoms with Crippen LogP contribution in [0, 0.1) is 6.92 Å². The predicted octanol–water partition coefficient (Wildman–Crippen LogP) is 2.33. The summed E-state index contributed by atoms with van der Waals surface area (Å²) in [4.78, 5) is 8.58. The van der Waals surface area contributed by atoms with Crippen LogP contribution in [0.1, 0.15) is 11.3 Å². The van der Waals surface area contributed by atoms with Crippen molar-refractivity contribution in [3.05, 3.63) is 47.8 Å². The molecule has 0 aliphatic carbocycles. The number of nitrogens with two attached hydrogens (primary N) is 1. The van der Waals surface area contributed by atoms with Crippen molar-refractivity contribution in [2.75, 3.05) is 19.5 Å². The number of nitrogens with one attached hydrogen (secondary N) is 1. The van der Waals surface area contributed by atoms with E-state index >= 15 is 0 Å². The van der Waals surface area contributed by atoms with Gasteiger partial charge in [0.15, 0.2) is 17.5 Å². The van der Waals surface area contributed by atoms with Crippen LogP contribution in [-0.2, 0) is 6.54 Å². The lowest BCUT2D eigenvalue weighted by molar-refractivity contribution is 0.355. The van der Waals surface area contributed by atoms with Crippen molar-refractivity contribution >= 4 is 11.6 Å². The van der Waals surface area contributed by atoms with Crippen LogP contribution < -0.4 is 20.5 Å². The average Bonchev–Trinajstić information content (AvgIpc) is 2.54. The Morgan fingerprint density at radius 1 is 1.23 bits per heavy atom. The first-order valence-corrected chi connectivity index (χ1v) is 6.83. The van der Waals surface area contributed by atoms with Crippen LogP contribution in [0.3, 0.4) is 0 Å². The molecule has 116 valence electrons. The number of benzene rings is 1. The first-order valence-electron chi connectivity index (χ1n) is 6.83. The molecule has 0 spiro atoms. The molecular formula is C16H20N4O2. The van der Waals surface area contributed by atoms with Crippen LogP contribution in [0.2, 0.25) is 0 Å². The zero-order valence-electron chi connectivity index (χ0n) is 13.0.